The van der Waals surface area contributed by atoms with E-state index in [4.69, 9.17) is 4.74 Å². The SMILES string of the molecule is CC(=O)N[C@@H]1[C@@H](O)[C@]2(O)C(c3ccccc3)C(O)[C@H]2O[C@@H]1O. The molecule has 2 aliphatic rings. The Morgan fingerprint density at radius 3 is 2.45 bits per heavy atom. The molecule has 5 N–H and O–H groups in total. The van der Waals surface area contributed by atoms with Crippen LogP contribution in [0.25, 0.3) is 0 Å². The second-order valence-corrected chi connectivity index (χ2v) is 5.88. The van der Waals surface area contributed by atoms with E-state index in [1.807, 2.05) is 0 Å². The van der Waals surface area contributed by atoms with Crippen LogP contribution in [-0.4, -0.2) is 62.6 Å². The third kappa shape index (κ3) is 2.05. The van der Waals surface area contributed by atoms with Crippen LogP contribution in [0.5, 0.6) is 0 Å². The predicted molar refractivity (Wildman–Crippen MR) is 74.6 cm³/mol. The van der Waals surface area contributed by atoms with Crippen LogP contribution in [0.1, 0.15) is 18.4 Å². The van der Waals surface area contributed by atoms with Gasteiger partial charge in [0.15, 0.2) is 6.29 Å². The van der Waals surface area contributed by atoms with Gasteiger partial charge in [-0.15, -0.1) is 0 Å². The van der Waals surface area contributed by atoms with Crippen molar-refractivity contribution in [3.05, 3.63) is 35.9 Å². The maximum absolute atomic E-state index is 11.2. The molecule has 22 heavy (non-hydrogen) atoms. The number of benzene rings is 1. The van der Waals surface area contributed by atoms with E-state index in [1.54, 1.807) is 30.3 Å². The van der Waals surface area contributed by atoms with E-state index >= 15 is 0 Å². The number of amides is 1. The molecule has 7 nitrogen and oxygen atoms in total. The zero-order valence-electron chi connectivity index (χ0n) is 12.0. The first-order valence-electron chi connectivity index (χ1n) is 7.11. The summed E-state index contributed by atoms with van der Waals surface area (Å²) in [7, 11) is 0. The van der Waals surface area contributed by atoms with Gasteiger partial charge in [-0.2, -0.15) is 0 Å². The number of hydrogen-bond donors (Lipinski definition) is 5. The fourth-order valence-corrected chi connectivity index (χ4v) is 3.51. The van der Waals surface area contributed by atoms with Crippen molar-refractivity contribution in [2.75, 3.05) is 0 Å². The van der Waals surface area contributed by atoms with E-state index < -0.39 is 48.1 Å². The van der Waals surface area contributed by atoms with Crippen LogP contribution in [0.15, 0.2) is 30.3 Å². The molecule has 0 radical (unpaired) electrons. The van der Waals surface area contributed by atoms with Crippen LogP contribution in [0.2, 0.25) is 0 Å². The van der Waals surface area contributed by atoms with Crippen molar-refractivity contribution >= 4 is 5.91 Å². The van der Waals surface area contributed by atoms with Crippen LogP contribution in [0, 0.1) is 0 Å². The van der Waals surface area contributed by atoms with Gasteiger partial charge in [-0.1, -0.05) is 30.3 Å². The molecule has 7 heteroatoms. The van der Waals surface area contributed by atoms with E-state index in [9.17, 15) is 25.2 Å². The van der Waals surface area contributed by atoms with Gasteiger partial charge in [-0.05, 0) is 5.56 Å². The van der Waals surface area contributed by atoms with Gasteiger partial charge >= 0.3 is 0 Å². The van der Waals surface area contributed by atoms with Crippen molar-refractivity contribution in [1.29, 1.82) is 0 Å². The summed E-state index contributed by atoms with van der Waals surface area (Å²) < 4.78 is 5.22. The number of nitrogens with one attached hydrogen (secondary N) is 1. The lowest BCUT2D eigenvalue weighted by atomic mass is 9.56. The summed E-state index contributed by atoms with van der Waals surface area (Å²) in [4.78, 5) is 11.2. The molecule has 0 aromatic heterocycles. The number of carbonyl (C=O) groups is 1. The number of aliphatic hydroxyl groups excluding tert-OH is 3. The van der Waals surface area contributed by atoms with Crippen LogP contribution < -0.4 is 5.32 Å². The highest BCUT2D eigenvalue weighted by atomic mass is 16.6. The Kier molecular flexibility index (Phi) is 3.70. The molecule has 1 aliphatic heterocycles. The molecule has 2 unspecified atom stereocenters. The van der Waals surface area contributed by atoms with Crippen LogP contribution in [-0.2, 0) is 9.53 Å². The lowest BCUT2D eigenvalue weighted by Crippen LogP contribution is -2.81. The van der Waals surface area contributed by atoms with Gasteiger partial charge in [-0.3, -0.25) is 4.79 Å². The molecule has 3 rings (SSSR count). The summed E-state index contributed by atoms with van der Waals surface area (Å²) in [6.45, 7) is 1.24. The number of carbonyl (C=O) groups excluding carboxylic acids is 1. The fraction of sp³-hybridized carbons (Fsp3) is 0.533. The number of ether oxygens (including phenoxy) is 1. The summed E-state index contributed by atoms with van der Waals surface area (Å²) in [5.41, 5.74) is -1.14. The minimum atomic E-state index is -1.78. The second kappa shape index (κ2) is 5.29. The standard InChI is InChI=1S/C15H19NO6/c1-7(17)16-10-12(19)15(21)9(8-5-3-2-4-6-8)11(18)13(15)22-14(10)20/h2-6,9-14,18-21H,1H3,(H,16,17)/t9?,10-,11?,12-,13-,14+,15-/m1/s1. The number of aliphatic hydroxyl groups is 4. The quantitative estimate of drug-likeness (QED) is 0.452. The number of rotatable bonds is 2. The second-order valence-electron chi connectivity index (χ2n) is 5.88. The smallest absolute Gasteiger partial charge is 0.217 e. The van der Waals surface area contributed by atoms with Gasteiger partial charge in [-0.25, -0.2) is 0 Å². The Morgan fingerprint density at radius 2 is 1.86 bits per heavy atom. The molecule has 1 aromatic carbocycles. The van der Waals surface area contributed by atoms with Gasteiger partial charge in [0.2, 0.25) is 5.91 Å². The summed E-state index contributed by atoms with van der Waals surface area (Å²) in [5, 5.41) is 43.8. The van der Waals surface area contributed by atoms with Crippen LogP contribution in [0.4, 0.5) is 0 Å². The van der Waals surface area contributed by atoms with Crippen molar-refractivity contribution < 1.29 is 30.0 Å². The van der Waals surface area contributed by atoms with Gasteiger partial charge in [0.05, 0.1) is 6.10 Å². The van der Waals surface area contributed by atoms with Crippen LogP contribution in [0.3, 0.4) is 0 Å². The summed E-state index contributed by atoms with van der Waals surface area (Å²) >= 11 is 0. The maximum Gasteiger partial charge on any atom is 0.217 e. The van der Waals surface area contributed by atoms with E-state index in [-0.39, 0.29) is 0 Å². The molecule has 0 spiro atoms. The molecule has 1 heterocycles. The molecular formula is C15H19NO6. The van der Waals surface area contributed by atoms with Crippen molar-refractivity contribution in [3.63, 3.8) is 0 Å². The Balaban J connectivity index is 1.93. The Morgan fingerprint density at radius 1 is 1.23 bits per heavy atom. The fourth-order valence-electron chi connectivity index (χ4n) is 3.51. The molecule has 1 aromatic rings. The Bertz CT molecular complexity index is 566. The third-order valence-corrected chi connectivity index (χ3v) is 4.54. The topological polar surface area (TPSA) is 119 Å². The number of fused-ring (bicyclic) bond motifs is 1. The lowest BCUT2D eigenvalue weighted by molar-refractivity contribution is -0.361. The largest absolute Gasteiger partial charge is 0.390 e. The molecular weight excluding hydrogens is 290 g/mol. The summed E-state index contributed by atoms with van der Waals surface area (Å²) in [6.07, 6.45) is -5.16. The summed E-state index contributed by atoms with van der Waals surface area (Å²) in [6, 6.07) is 7.61. The lowest BCUT2D eigenvalue weighted by Gasteiger charge is -2.62. The van der Waals surface area contributed by atoms with E-state index in [0.717, 1.165) is 0 Å². The zero-order chi connectivity index (χ0) is 16.1. The van der Waals surface area contributed by atoms with Gasteiger partial charge in [0, 0.05) is 12.8 Å². The van der Waals surface area contributed by atoms with E-state index in [1.165, 1.54) is 6.92 Å². The highest BCUT2D eigenvalue weighted by molar-refractivity contribution is 5.73. The van der Waals surface area contributed by atoms with Crippen molar-refractivity contribution in [2.24, 2.45) is 0 Å². The first-order chi connectivity index (χ1) is 10.4. The third-order valence-electron chi connectivity index (χ3n) is 4.54. The average Bonchev–Trinajstić information content (AvgIpc) is 2.49. The highest BCUT2D eigenvalue weighted by Gasteiger charge is 2.71. The molecule has 1 saturated carbocycles. The Labute approximate surface area is 127 Å². The molecule has 7 atom stereocenters. The Hall–Kier alpha value is -1.51. The number of hydrogen-bond acceptors (Lipinski definition) is 6. The van der Waals surface area contributed by atoms with Gasteiger partial charge < -0.3 is 30.5 Å². The minimum Gasteiger partial charge on any atom is -0.390 e. The molecule has 1 aliphatic carbocycles. The van der Waals surface area contributed by atoms with Gasteiger partial charge in [0.1, 0.15) is 23.9 Å². The first kappa shape index (κ1) is 15.4. The van der Waals surface area contributed by atoms with E-state index in [0.29, 0.717) is 5.56 Å². The summed E-state index contributed by atoms with van der Waals surface area (Å²) in [5.74, 6) is -1.23. The molecule has 120 valence electrons. The van der Waals surface area contributed by atoms with Crippen molar-refractivity contribution in [1.82, 2.24) is 5.32 Å². The maximum atomic E-state index is 11.2. The molecule has 0 bridgehead atoms. The van der Waals surface area contributed by atoms with E-state index in [2.05, 4.69) is 5.32 Å². The monoisotopic (exact) mass is 309 g/mol. The van der Waals surface area contributed by atoms with Crippen molar-refractivity contribution in [2.45, 2.75) is 49.1 Å². The zero-order valence-corrected chi connectivity index (χ0v) is 12.0. The molecule has 1 amide bonds. The minimum absolute atomic E-state index is 0.468. The normalized spacial score (nSPS) is 43.9. The predicted octanol–water partition coefficient (Wildman–Crippen LogP) is -1.54. The molecule has 1 saturated heterocycles. The highest BCUT2D eigenvalue weighted by Crippen LogP contribution is 2.53. The van der Waals surface area contributed by atoms with Crippen molar-refractivity contribution in [3.8, 4) is 0 Å². The molecule has 2 fully saturated rings. The van der Waals surface area contributed by atoms with Crippen LogP contribution >= 0.6 is 0 Å². The average molecular weight is 309 g/mol. The first-order valence-corrected chi connectivity index (χ1v) is 7.11. The van der Waals surface area contributed by atoms with Gasteiger partial charge in [0.25, 0.3) is 0 Å².